The Labute approximate surface area is 163 Å². The fourth-order valence-electron chi connectivity index (χ4n) is 3.69. The van der Waals surface area contributed by atoms with Gasteiger partial charge < -0.3 is 10.1 Å². The van der Waals surface area contributed by atoms with Gasteiger partial charge in [0.25, 0.3) is 0 Å². The molecule has 1 aliphatic rings. The topological polar surface area (TPSA) is 64.9 Å². The zero-order chi connectivity index (χ0) is 18.8. The summed E-state index contributed by atoms with van der Waals surface area (Å²) in [5, 5.41) is 9.37. The molecule has 0 saturated carbocycles. The van der Waals surface area contributed by atoms with Crippen LogP contribution in [0.4, 0.5) is 0 Å². The summed E-state index contributed by atoms with van der Waals surface area (Å²) in [5.74, 6) is 1.62. The van der Waals surface area contributed by atoms with E-state index in [-0.39, 0.29) is 0 Å². The Balaban J connectivity index is 1.45. The van der Waals surface area contributed by atoms with E-state index < -0.39 is 0 Å². The molecule has 2 aromatic carbocycles. The van der Waals surface area contributed by atoms with Crippen molar-refractivity contribution in [3.8, 4) is 22.8 Å². The SMILES string of the molecule is c1ccc(Oc2ccc(-c3nn(CC4CCCN4)c4ncncc34)cc2)cc1. The first-order valence-corrected chi connectivity index (χ1v) is 9.60. The molecule has 3 heterocycles. The maximum atomic E-state index is 5.89. The van der Waals surface area contributed by atoms with E-state index >= 15 is 0 Å². The van der Waals surface area contributed by atoms with Gasteiger partial charge in [0.2, 0.25) is 0 Å². The van der Waals surface area contributed by atoms with E-state index in [1.807, 2.05) is 65.5 Å². The molecule has 5 rings (SSSR count). The number of hydrogen-bond donors (Lipinski definition) is 1. The minimum atomic E-state index is 0.451. The second-order valence-corrected chi connectivity index (χ2v) is 7.02. The van der Waals surface area contributed by atoms with Gasteiger partial charge >= 0.3 is 0 Å². The molecule has 1 N–H and O–H groups in total. The van der Waals surface area contributed by atoms with E-state index in [2.05, 4.69) is 15.3 Å². The highest BCUT2D eigenvalue weighted by atomic mass is 16.5. The highest BCUT2D eigenvalue weighted by Crippen LogP contribution is 2.29. The lowest BCUT2D eigenvalue weighted by molar-refractivity contribution is 0.482. The number of ether oxygens (including phenoxy) is 1. The number of fused-ring (bicyclic) bond motifs is 1. The van der Waals surface area contributed by atoms with Crippen molar-refractivity contribution in [1.82, 2.24) is 25.1 Å². The minimum absolute atomic E-state index is 0.451. The molecule has 1 saturated heterocycles. The van der Waals surface area contributed by atoms with Crippen LogP contribution in [0.1, 0.15) is 12.8 Å². The van der Waals surface area contributed by atoms with Crippen molar-refractivity contribution >= 4 is 11.0 Å². The first-order valence-electron chi connectivity index (χ1n) is 9.60. The average Bonchev–Trinajstić information content (AvgIpc) is 3.38. The van der Waals surface area contributed by atoms with Crippen molar-refractivity contribution in [2.45, 2.75) is 25.4 Å². The van der Waals surface area contributed by atoms with Crippen LogP contribution in [0, 0.1) is 0 Å². The molecule has 140 valence electrons. The Hall–Kier alpha value is -3.25. The van der Waals surface area contributed by atoms with Gasteiger partial charge in [-0.15, -0.1) is 0 Å². The molecule has 0 radical (unpaired) electrons. The Bertz CT molecular complexity index is 1070. The highest BCUT2D eigenvalue weighted by molar-refractivity contribution is 5.90. The Morgan fingerprint density at radius 2 is 1.86 bits per heavy atom. The van der Waals surface area contributed by atoms with E-state index in [0.717, 1.165) is 46.9 Å². The number of aromatic nitrogens is 4. The maximum absolute atomic E-state index is 5.89. The zero-order valence-corrected chi connectivity index (χ0v) is 15.5. The van der Waals surface area contributed by atoms with Gasteiger partial charge in [-0.25, -0.2) is 14.6 Å². The first-order chi connectivity index (χ1) is 13.9. The normalized spacial score (nSPS) is 16.5. The van der Waals surface area contributed by atoms with Crippen molar-refractivity contribution in [2.75, 3.05) is 6.54 Å². The highest BCUT2D eigenvalue weighted by Gasteiger charge is 2.19. The largest absolute Gasteiger partial charge is 0.457 e. The minimum Gasteiger partial charge on any atom is -0.457 e. The van der Waals surface area contributed by atoms with Crippen molar-refractivity contribution in [3.05, 3.63) is 67.1 Å². The second-order valence-electron chi connectivity index (χ2n) is 7.02. The van der Waals surface area contributed by atoms with Crippen LogP contribution >= 0.6 is 0 Å². The van der Waals surface area contributed by atoms with Gasteiger partial charge in [-0.1, -0.05) is 18.2 Å². The van der Waals surface area contributed by atoms with Gasteiger partial charge in [0, 0.05) is 17.8 Å². The molecule has 0 aliphatic carbocycles. The lowest BCUT2D eigenvalue weighted by Crippen LogP contribution is -2.27. The molecule has 0 spiro atoms. The quantitative estimate of drug-likeness (QED) is 0.574. The van der Waals surface area contributed by atoms with Crippen LogP contribution in [0.5, 0.6) is 11.5 Å². The summed E-state index contributed by atoms with van der Waals surface area (Å²) < 4.78 is 7.90. The Kier molecular flexibility index (Phi) is 4.47. The maximum Gasteiger partial charge on any atom is 0.161 e. The molecular formula is C22H21N5O. The van der Waals surface area contributed by atoms with E-state index in [1.54, 1.807) is 6.33 Å². The molecule has 1 atom stereocenters. The van der Waals surface area contributed by atoms with Crippen LogP contribution < -0.4 is 10.1 Å². The van der Waals surface area contributed by atoms with Crippen molar-refractivity contribution in [2.24, 2.45) is 0 Å². The monoisotopic (exact) mass is 371 g/mol. The molecule has 0 amide bonds. The summed E-state index contributed by atoms with van der Waals surface area (Å²) in [7, 11) is 0. The lowest BCUT2D eigenvalue weighted by Gasteiger charge is -2.10. The molecule has 1 aliphatic heterocycles. The van der Waals surface area contributed by atoms with Crippen LogP contribution in [0.2, 0.25) is 0 Å². The predicted octanol–water partition coefficient (Wildman–Crippen LogP) is 4.04. The summed E-state index contributed by atoms with van der Waals surface area (Å²) in [6.07, 6.45) is 5.82. The number of para-hydroxylation sites is 1. The number of nitrogens with one attached hydrogen (secondary N) is 1. The number of rotatable bonds is 5. The van der Waals surface area contributed by atoms with E-state index in [4.69, 9.17) is 9.84 Å². The van der Waals surface area contributed by atoms with Gasteiger partial charge in [-0.2, -0.15) is 5.10 Å². The van der Waals surface area contributed by atoms with Crippen molar-refractivity contribution in [3.63, 3.8) is 0 Å². The number of benzene rings is 2. The van der Waals surface area contributed by atoms with Gasteiger partial charge in [0.15, 0.2) is 5.65 Å². The summed E-state index contributed by atoms with van der Waals surface area (Å²) in [4.78, 5) is 8.69. The van der Waals surface area contributed by atoms with Gasteiger partial charge in [-0.05, 0) is 55.8 Å². The third-order valence-corrected chi connectivity index (χ3v) is 5.07. The van der Waals surface area contributed by atoms with Gasteiger partial charge in [0.05, 0.1) is 11.9 Å². The van der Waals surface area contributed by atoms with Gasteiger partial charge in [0.1, 0.15) is 23.5 Å². The lowest BCUT2D eigenvalue weighted by atomic mass is 10.1. The summed E-state index contributed by atoms with van der Waals surface area (Å²) in [6.45, 7) is 1.90. The molecular weight excluding hydrogens is 350 g/mol. The standard InChI is InChI=1S/C22H21N5O/c1-2-6-18(7-3-1)28-19-10-8-16(9-11-19)21-20-13-23-15-25-22(20)27(26-21)14-17-5-4-12-24-17/h1-3,6-11,13,15,17,24H,4-5,12,14H2. The molecule has 6 nitrogen and oxygen atoms in total. The van der Waals surface area contributed by atoms with Crippen LogP contribution in [-0.4, -0.2) is 32.3 Å². The predicted molar refractivity (Wildman–Crippen MR) is 108 cm³/mol. The zero-order valence-electron chi connectivity index (χ0n) is 15.5. The molecule has 6 heteroatoms. The summed E-state index contributed by atoms with van der Waals surface area (Å²) in [6, 6.07) is 18.2. The smallest absolute Gasteiger partial charge is 0.161 e. The van der Waals surface area contributed by atoms with Crippen LogP contribution in [-0.2, 0) is 6.54 Å². The number of hydrogen-bond acceptors (Lipinski definition) is 5. The number of nitrogens with zero attached hydrogens (tertiary/aromatic N) is 4. The molecule has 28 heavy (non-hydrogen) atoms. The van der Waals surface area contributed by atoms with Crippen molar-refractivity contribution < 1.29 is 4.74 Å². The second kappa shape index (κ2) is 7.40. The third-order valence-electron chi connectivity index (χ3n) is 5.07. The van der Waals surface area contributed by atoms with Gasteiger partial charge in [-0.3, -0.25) is 0 Å². The third kappa shape index (κ3) is 3.34. The summed E-state index contributed by atoms with van der Waals surface area (Å²) in [5.41, 5.74) is 2.81. The molecule has 2 aromatic heterocycles. The van der Waals surface area contributed by atoms with Crippen LogP contribution in [0.3, 0.4) is 0 Å². The summed E-state index contributed by atoms with van der Waals surface area (Å²) >= 11 is 0. The molecule has 1 fully saturated rings. The molecule has 4 aromatic rings. The van der Waals surface area contributed by atoms with Crippen LogP contribution in [0.25, 0.3) is 22.3 Å². The fourth-order valence-corrected chi connectivity index (χ4v) is 3.69. The van der Waals surface area contributed by atoms with Crippen LogP contribution in [0.15, 0.2) is 67.1 Å². The average molecular weight is 371 g/mol. The van der Waals surface area contributed by atoms with Crippen molar-refractivity contribution in [1.29, 1.82) is 0 Å². The van der Waals surface area contributed by atoms with E-state index in [0.29, 0.717) is 6.04 Å². The molecule has 1 unspecified atom stereocenters. The Morgan fingerprint density at radius 3 is 2.64 bits per heavy atom. The van der Waals surface area contributed by atoms with E-state index in [1.165, 1.54) is 12.8 Å². The van der Waals surface area contributed by atoms with E-state index in [9.17, 15) is 0 Å². The first kappa shape index (κ1) is 16.9. The Morgan fingerprint density at radius 1 is 1.04 bits per heavy atom. The fraction of sp³-hybridized carbons (Fsp3) is 0.227. The molecule has 0 bridgehead atoms.